The molecule has 1 aliphatic heterocycles. The first-order valence-electron chi connectivity index (χ1n) is 8.86. The summed E-state index contributed by atoms with van der Waals surface area (Å²) in [5.41, 5.74) is 1.11. The van der Waals surface area contributed by atoms with E-state index in [0.29, 0.717) is 5.69 Å². The summed E-state index contributed by atoms with van der Waals surface area (Å²) in [5.74, 6) is -2.80. The number of anilines is 1. The van der Waals surface area contributed by atoms with Gasteiger partial charge in [-0.05, 0) is 18.6 Å². The van der Waals surface area contributed by atoms with Crippen LogP contribution in [0.5, 0.6) is 0 Å². The number of esters is 1. The second kappa shape index (κ2) is 9.44. The van der Waals surface area contributed by atoms with Gasteiger partial charge in [0.15, 0.2) is 6.61 Å². The summed E-state index contributed by atoms with van der Waals surface area (Å²) in [6.45, 7) is 1.01. The number of imide groups is 1. The molecule has 3 amide bonds. The van der Waals surface area contributed by atoms with Gasteiger partial charge in [-0.2, -0.15) is 0 Å². The maximum Gasteiger partial charge on any atom is 0.308 e. The van der Waals surface area contributed by atoms with Crippen LogP contribution in [0.2, 0.25) is 20.1 Å². The van der Waals surface area contributed by atoms with Crippen LogP contribution in [-0.4, -0.2) is 41.7 Å². The first-order chi connectivity index (χ1) is 14.6. The lowest BCUT2D eigenvalue weighted by Gasteiger charge is -2.13. The smallest absolute Gasteiger partial charge is 0.308 e. The van der Waals surface area contributed by atoms with Crippen LogP contribution in [0.4, 0.5) is 5.69 Å². The Balaban J connectivity index is 1.58. The monoisotopic (exact) mass is 502 g/mol. The lowest BCUT2D eigenvalue weighted by Crippen LogP contribution is -2.32. The molecule has 162 valence electrons. The van der Waals surface area contributed by atoms with Gasteiger partial charge < -0.3 is 10.1 Å². The van der Waals surface area contributed by atoms with Gasteiger partial charge in [-0.1, -0.05) is 64.6 Å². The van der Waals surface area contributed by atoms with E-state index in [1.165, 1.54) is 0 Å². The van der Waals surface area contributed by atoms with E-state index in [1.807, 2.05) is 19.1 Å². The van der Waals surface area contributed by atoms with Crippen LogP contribution >= 0.6 is 46.4 Å². The first-order valence-corrected chi connectivity index (χ1v) is 10.4. The minimum Gasteiger partial charge on any atom is -0.456 e. The van der Waals surface area contributed by atoms with Crippen molar-refractivity contribution in [3.05, 3.63) is 61.0 Å². The van der Waals surface area contributed by atoms with Gasteiger partial charge in [0, 0.05) is 12.2 Å². The molecule has 0 saturated heterocycles. The quantitative estimate of drug-likeness (QED) is 0.265. The second-order valence-corrected chi connectivity index (χ2v) is 8.05. The molecule has 0 unspecified atom stereocenters. The maximum absolute atomic E-state index is 12.6. The fourth-order valence-corrected chi connectivity index (χ4v) is 3.93. The molecule has 7 nitrogen and oxygen atoms in total. The highest BCUT2D eigenvalue weighted by Gasteiger charge is 2.41. The number of amides is 3. The predicted molar refractivity (Wildman–Crippen MR) is 117 cm³/mol. The zero-order chi connectivity index (χ0) is 22.9. The van der Waals surface area contributed by atoms with Crippen molar-refractivity contribution < 1.29 is 23.9 Å². The van der Waals surface area contributed by atoms with Crippen molar-refractivity contribution in [2.24, 2.45) is 0 Å². The van der Waals surface area contributed by atoms with E-state index >= 15 is 0 Å². The number of rotatable bonds is 6. The van der Waals surface area contributed by atoms with Gasteiger partial charge in [0.05, 0.1) is 37.6 Å². The minimum atomic E-state index is -0.773. The Morgan fingerprint density at radius 3 is 2.03 bits per heavy atom. The van der Waals surface area contributed by atoms with E-state index in [-0.39, 0.29) is 44.2 Å². The number of ether oxygens (including phenoxy) is 1. The summed E-state index contributed by atoms with van der Waals surface area (Å²) in [4.78, 5) is 50.0. The lowest BCUT2D eigenvalue weighted by atomic mass is 10.1. The highest BCUT2D eigenvalue weighted by atomic mass is 35.5. The van der Waals surface area contributed by atoms with Crippen molar-refractivity contribution in [3.63, 3.8) is 0 Å². The number of hydrogen-bond acceptors (Lipinski definition) is 5. The molecule has 0 aliphatic carbocycles. The highest BCUT2D eigenvalue weighted by Crippen LogP contribution is 2.44. The molecule has 0 bridgehead atoms. The number of carbonyl (C=O) groups excluding carboxylic acids is 4. The van der Waals surface area contributed by atoms with Gasteiger partial charge in [0.25, 0.3) is 17.7 Å². The van der Waals surface area contributed by atoms with Crippen molar-refractivity contribution in [1.82, 2.24) is 4.90 Å². The van der Waals surface area contributed by atoms with E-state index in [2.05, 4.69) is 5.32 Å². The normalized spacial score (nSPS) is 12.7. The van der Waals surface area contributed by atoms with E-state index in [0.717, 1.165) is 10.5 Å². The molecule has 0 fully saturated rings. The molecule has 0 radical (unpaired) electrons. The Kier molecular flexibility index (Phi) is 7.11. The predicted octanol–water partition coefficient (Wildman–Crippen LogP) is 4.78. The SMILES string of the molecule is Cc1ccccc1NC(=O)COC(=O)CCN1C(=O)c2c(Cl)c(Cl)c(Cl)c(Cl)c2C1=O. The molecule has 2 aromatic rings. The number of nitrogens with zero attached hydrogens (tertiary/aromatic N) is 1. The number of nitrogens with one attached hydrogen (secondary N) is 1. The largest absolute Gasteiger partial charge is 0.456 e. The number of halogens is 4. The average molecular weight is 504 g/mol. The summed E-state index contributed by atoms with van der Waals surface area (Å²) in [6, 6.07) is 7.12. The average Bonchev–Trinajstić information content (AvgIpc) is 2.99. The summed E-state index contributed by atoms with van der Waals surface area (Å²) in [6.07, 6.45) is -0.334. The molecule has 11 heteroatoms. The summed E-state index contributed by atoms with van der Waals surface area (Å²) >= 11 is 24.0. The third kappa shape index (κ3) is 4.65. The van der Waals surface area contributed by atoms with Crippen molar-refractivity contribution >= 4 is 75.8 Å². The minimum absolute atomic E-state index is 0.144. The van der Waals surface area contributed by atoms with E-state index in [4.69, 9.17) is 51.1 Å². The van der Waals surface area contributed by atoms with Gasteiger partial charge in [-0.15, -0.1) is 0 Å². The summed E-state index contributed by atoms with van der Waals surface area (Å²) < 4.78 is 4.91. The van der Waals surface area contributed by atoms with Crippen LogP contribution in [0.15, 0.2) is 24.3 Å². The standard InChI is InChI=1S/C20H14Cl4N2O5/c1-9-4-2-3-5-10(9)25-11(27)8-31-12(28)6-7-26-19(29)13-14(20(26)30)16(22)18(24)17(23)15(13)21/h2-5H,6-8H2,1H3,(H,25,27). The Morgan fingerprint density at radius 1 is 0.935 bits per heavy atom. The van der Waals surface area contributed by atoms with Crippen molar-refractivity contribution in [1.29, 1.82) is 0 Å². The number of benzene rings is 2. The van der Waals surface area contributed by atoms with Crippen LogP contribution in [-0.2, 0) is 14.3 Å². The Hall–Kier alpha value is -2.32. The molecule has 31 heavy (non-hydrogen) atoms. The first kappa shape index (κ1) is 23.3. The third-order valence-electron chi connectivity index (χ3n) is 4.51. The number of fused-ring (bicyclic) bond motifs is 1. The highest BCUT2D eigenvalue weighted by molar-refractivity contribution is 6.55. The molecule has 2 aromatic carbocycles. The Labute approximate surface area is 197 Å². The van der Waals surface area contributed by atoms with E-state index < -0.39 is 30.3 Å². The molecule has 0 saturated carbocycles. The molecular formula is C20H14Cl4N2O5. The van der Waals surface area contributed by atoms with Crippen molar-refractivity contribution in [3.8, 4) is 0 Å². The van der Waals surface area contributed by atoms with Gasteiger partial charge in [0.1, 0.15) is 0 Å². The lowest BCUT2D eigenvalue weighted by molar-refractivity contribution is -0.147. The molecule has 0 aromatic heterocycles. The van der Waals surface area contributed by atoms with E-state index in [1.54, 1.807) is 12.1 Å². The molecule has 1 heterocycles. The van der Waals surface area contributed by atoms with E-state index in [9.17, 15) is 19.2 Å². The van der Waals surface area contributed by atoms with Crippen LogP contribution in [0.3, 0.4) is 0 Å². The van der Waals surface area contributed by atoms with Gasteiger partial charge >= 0.3 is 5.97 Å². The fourth-order valence-electron chi connectivity index (χ4n) is 2.92. The zero-order valence-corrected chi connectivity index (χ0v) is 19.0. The van der Waals surface area contributed by atoms with Gasteiger partial charge in [-0.3, -0.25) is 24.1 Å². The summed E-state index contributed by atoms with van der Waals surface area (Å²) in [7, 11) is 0. The van der Waals surface area contributed by atoms with Crippen molar-refractivity contribution in [2.45, 2.75) is 13.3 Å². The zero-order valence-electron chi connectivity index (χ0n) is 15.9. The number of para-hydroxylation sites is 1. The Morgan fingerprint density at radius 2 is 1.48 bits per heavy atom. The topological polar surface area (TPSA) is 92.8 Å². The van der Waals surface area contributed by atoms with Crippen LogP contribution in [0.25, 0.3) is 0 Å². The van der Waals surface area contributed by atoms with Crippen LogP contribution in [0.1, 0.15) is 32.7 Å². The number of hydrogen-bond donors (Lipinski definition) is 1. The second-order valence-electron chi connectivity index (χ2n) is 6.54. The van der Waals surface area contributed by atoms with Crippen molar-refractivity contribution in [2.75, 3.05) is 18.5 Å². The Bertz CT molecular complexity index is 1070. The molecule has 0 atom stereocenters. The molecule has 3 rings (SSSR count). The maximum atomic E-state index is 12.6. The summed E-state index contributed by atoms with van der Waals surface area (Å²) in [5, 5.41) is 1.95. The van der Waals surface area contributed by atoms with Crippen LogP contribution < -0.4 is 5.32 Å². The van der Waals surface area contributed by atoms with Crippen LogP contribution in [0, 0.1) is 6.92 Å². The third-order valence-corrected chi connectivity index (χ3v) is 6.31. The molecule has 1 aliphatic rings. The van der Waals surface area contributed by atoms with Gasteiger partial charge in [-0.25, -0.2) is 0 Å². The van der Waals surface area contributed by atoms with Gasteiger partial charge in [0.2, 0.25) is 0 Å². The molecule has 1 N–H and O–H groups in total. The molecular weight excluding hydrogens is 490 g/mol. The number of carbonyl (C=O) groups is 4. The molecule has 0 spiro atoms. The number of aryl methyl sites for hydroxylation is 1. The fraction of sp³-hybridized carbons (Fsp3) is 0.200.